The van der Waals surface area contributed by atoms with E-state index < -0.39 is 0 Å². The minimum Gasteiger partial charge on any atom is -0.339 e. The number of nitrogens with two attached hydrogens (primary N) is 1. The predicted molar refractivity (Wildman–Crippen MR) is 101 cm³/mol. The number of fused-ring (bicyclic) bond motifs is 2. The molecule has 2 saturated carbocycles. The maximum Gasteiger partial charge on any atom is 0.242 e. The van der Waals surface area contributed by atoms with E-state index in [1.807, 2.05) is 4.90 Å². The van der Waals surface area contributed by atoms with Gasteiger partial charge in [0.15, 0.2) is 0 Å². The van der Waals surface area contributed by atoms with E-state index >= 15 is 0 Å². The van der Waals surface area contributed by atoms with E-state index in [1.54, 1.807) is 4.90 Å². The van der Waals surface area contributed by atoms with Crippen LogP contribution in [0.5, 0.6) is 0 Å². The number of imide groups is 1. The molecule has 0 radical (unpaired) electrons. The highest BCUT2D eigenvalue weighted by Crippen LogP contribution is 2.42. The number of nitrogens with zero attached hydrogens (tertiary/aromatic N) is 3. The summed E-state index contributed by atoms with van der Waals surface area (Å²) < 4.78 is 0. The Morgan fingerprint density at radius 1 is 0.893 bits per heavy atom. The van der Waals surface area contributed by atoms with Crippen molar-refractivity contribution < 1.29 is 19.2 Å². The first-order chi connectivity index (χ1) is 13.4. The van der Waals surface area contributed by atoms with Crippen LogP contribution in [0.25, 0.3) is 0 Å². The van der Waals surface area contributed by atoms with Gasteiger partial charge in [-0.15, -0.1) is 0 Å². The zero-order valence-electron chi connectivity index (χ0n) is 16.3. The van der Waals surface area contributed by atoms with E-state index in [9.17, 15) is 19.2 Å². The normalized spacial score (nSPS) is 33.4. The number of carbonyl (C=O) groups is 4. The molecule has 8 nitrogen and oxygen atoms in total. The summed E-state index contributed by atoms with van der Waals surface area (Å²) in [4.78, 5) is 53.5. The van der Waals surface area contributed by atoms with E-state index in [1.165, 1.54) is 6.42 Å². The molecule has 2 aliphatic heterocycles. The largest absolute Gasteiger partial charge is 0.339 e. The Morgan fingerprint density at radius 2 is 1.43 bits per heavy atom. The Kier molecular flexibility index (Phi) is 5.40. The second kappa shape index (κ2) is 7.81. The van der Waals surface area contributed by atoms with E-state index in [0.29, 0.717) is 38.0 Å². The predicted octanol–water partition coefficient (Wildman–Crippen LogP) is -0.0402. The second-order valence-electron chi connectivity index (χ2n) is 8.78. The average Bonchev–Trinajstić information content (AvgIpc) is 2.99. The topological polar surface area (TPSA) is 104 Å². The van der Waals surface area contributed by atoms with Crippen molar-refractivity contribution in [2.24, 2.45) is 23.5 Å². The summed E-state index contributed by atoms with van der Waals surface area (Å²) in [6.07, 6.45) is 5.69. The minimum absolute atomic E-state index is 0.0668. The molecule has 0 spiro atoms. The van der Waals surface area contributed by atoms with Crippen molar-refractivity contribution in [1.82, 2.24) is 14.7 Å². The quantitative estimate of drug-likeness (QED) is 0.681. The van der Waals surface area contributed by atoms with Gasteiger partial charge in [0.2, 0.25) is 23.6 Å². The van der Waals surface area contributed by atoms with E-state index in [0.717, 1.165) is 30.6 Å². The number of piperazine rings is 1. The number of likely N-dealkylation sites (tertiary alicyclic amines) is 1. The highest BCUT2D eigenvalue weighted by Gasteiger charge is 2.42. The van der Waals surface area contributed by atoms with Gasteiger partial charge in [0.1, 0.15) is 6.54 Å². The molecule has 2 unspecified atom stereocenters. The first-order valence-corrected chi connectivity index (χ1v) is 10.6. The molecule has 0 aromatic heterocycles. The van der Waals surface area contributed by atoms with Gasteiger partial charge in [-0.2, -0.15) is 0 Å². The Hall–Kier alpha value is -1.96. The lowest BCUT2D eigenvalue weighted by atomic mass is 9.65. The fraction of sp³-hybridized carbons (Fsp3) is 0.800. The zero-order valence-corrected chi connectivity index (χ0v) is 16.3. The van der Waals surface area contributed by atoms with Gasteiger partial charge in [0.05, 0.1) is 0 Å². The molecule has 2 atom stereocenters. The fourth-order valence-electron chi connectivity index (χ4n) is 5.46. The molecule has 2 aliphatic carbocycles. The van der Waals surface area contributed by atoms with Gasteiger partial charge in [-0.3, -0.25) is 24.1 Å². The summed E-state index contributed by atoms with van der Waals surface area (Å²) in [7, 11) is 0. The van der Waals surface area contributed by atoms with Crippen LogP contribution in [-0.2, 0) is 19.2 Å². The Morgan fingerprint density at radius 3 is 2.00 bits per heavy atom. The molecule has 28 heavy (non-hydrogen) atoms. The third-order valence-corrected chi connectivity index (χ3v) is 7.15. The van der Waals surface area contributed by atoms with Crippen LogP contribution >= 0.6 is 0 Å². The lowest BCUT2D eigenvalue weighted by Crippen LogP contribution is -2.55. The van der Waals surface area contributed by atoms with Gasteiger partial charge in [-0.05, 0) is 37.5 Å². The summed E-state index contributed by atoms with van der Waals surface area (Å²) in [5.74, 6) is 0.466. The molecular weight excluding hydrogens is 360 g/mol. The van der Waals surface area contributed by atoms with Crippen LogP contribution in [0.1, 0.15) is 44.9 Å². The second-order valence-corrected chi connectivity index (χ2v) is 8.78. The van der Waals surface area contributed by atoms with Crippen molar-refractivity contribution >= 4 is 23.6 Å². The van der Waals surface area contributed by atoms with Gasteiger partial charge >= 0.3 is 0 Å². The van der Waals surface area contributed by atoms with Crippen molar-refractivity contribution in [2.75, 3.05) is 32.7 Å². The van der Waals surface area contributed by atoms with E-state index in [4.69, 9.17) is 5.73 Å². The molecule has 8 heteroatoms. The zero-order chi connectivity index (χ0) is 19.8. The van der Waals surface area contributed by atoms with Gasteiger partial charge < -0.3 is 15.5 Å². The summed E-state index contributed by atoms with van der Waals surface area (Å²) in [5.41, 5.74) is 6.34. The Labute approximate surface area is 165 Å². The highest BCUT2D eigenvalue weighted by atomic mass is 16.2. The number of rotatable bonds is 3. The van der Waals surface area contributed by atoms with Crippen molar-refractivity contribution in [3.05, 3.63) is 0 Å². The lowest BCUT2D eigenvalue weighted by molar-refractivity contribution is -0.148. The third-order valence-electron chi connectivity index (χ3n) is 7.15. The molecule has 4 aliphatic rings. The molecule has 2 saturated heterocycles. The summed E-state index contributed by atoms with van der Waals surface area (Å²) in [6.45, 7) is 1.78. The maximum atomic E-state index is 13.0. The monoisotopic (exact) mass is 390 g/mol. The molecule has 4 rings (SSSR count). The van der Waals surface area contributed by atoms with Crippen LogP contribution in [0.2, 0.25) is 0 Å². The van der Waals surface area contributed by atoms with Crippen molar-refractivity contribution in [1.29, 1.82) is 0 Å². The first-order valence-electron chi connectivity index (χ1n) is 10.6. The SMILES string of the molecule is NC1C2CCCC1CC(C(=O)N1CCN(C(=O)CN3C(=O)CCC3=O)CC1)C2. The van der Waals surface area contributed by atoms with Crippen LogP contribution in [-0.4, -0.2) is 77.1 Å². The standard InChI is InChI=1S/C20H30N4O4/c21-19-13-2-1-3-14(19)11-15(10-13)20(28)23-8-6-22(7-9-23)18(27)12-24-16(25)4-5-17(24)26/h13-15,19H,1-12,21H2. The highest BCUT2D eigenvalue weighted by molar-refractivity contribution is 6.04. The van der Waals surface area contributed by atoms with E-state index in [2.05, 4.69) is 0 Å². The van der Waals surface area contributed by atoms with Crippen molar-refractivity contribution in [2.45, 2.75) is 51.0 Å². The Balaban J connectivity index is 1.28. The lowest BCUT2D eigenvalue weighted by Gasteiger charge is -2.45. The van der Waals surface area contributed by atoms with Gasteiger partial charge in [0.25, 0.3) is 0 Å². The molecule has 4 fully saturated rings. The average molecular weight is 390 g/mol. The van der Waals surface area contributed by atoms with Crippen LogP contribution in [0, 0.1) is 17.8 Å². The van der Waals surface area contributed by atoms with Crippen LogP contribution in [0.15, 0.2) is 0 Å². The molecular formula is C20H30N4O4. The van der Waals surface area contributed by atoms with Crippen LogP contribution in [0.4, 0.5) is 0 Å². The molecule has 2 N–H and O–H groups in total. The number of amides is 4. The third kappa shape index (κ3) is 3.66. The summed E-state index contributed by atoms with van der Waals surface area (Å²) >= 11 is 0. The number of carbonyl (C=O) groups excluding carboxylic acids is 4. The fourth-order valence-corrected chi connectivity index (χ4v) is 5.46. The summed E-state index contributed by atoms with van der Waals surface area (Å²) in [5, 5.41) is 0. The van der Waals surface area contributed by atoms with Crippen molar-refractivity contribution in [3.8, 4) is 0 Å². The smallest absolute Gasteiger partial charge is 0.242 e. The molecule has 2 heterocycles. The Bertz CT molecular complexity index is 643. The van der Waals surface area contributed by atoms with Gasteiger partial charge in [-0.25, -0.2) is 0 Å². The maximum absolute atomic E-state index is 13.0. The van der Waals surface area contributed by atoms with Gasteiger partial charge in [0, 0.05) is 51.0 Å². The molecule has 154 valence electrons. The number of hydrogen-bond donors (Lipinski definition) is 1. The van der Waals surface area contributed by atoms with Gasteiger partial charge in [-0.1, -0.05) is 6.42 Å². The summed E-state index contributed by atoms with van der Waals surface area (Å²) in [6, 6.07) is 0.253. The molecule has 4 amide bonds. The van der Waals surface area contributed by atoms with Crippen LogP contribution < -0.4 is 5.73 Å². The first kappa shape index (κ1) is 19.4. The van der Waals surface area contributed by atoms with E-state index in [-0.39, 0.29) is 55.0 Å². The molecule has 2 bridgehead atoms. The molecule has 0 aromatic carbocycles. The van der Waals surface area contributed by atoms with Crippen molar-refractivity contribution in [3.63, 3.8) is 0 Å². The van der Waals surface area contributed by atoms with Crippen LogP contribution in [0.3, 0.4) is 0 Å². The molecule has 0 aromatic rings. The number of hydrogen-bond acceptors (Lipinski definition) is 5. The minimum atomic E-state index is -0.270.